The van der Waals surface area contributed by atoms with Crippen molar-refractivity contribution in [2.75, 3.05) is 11.4 Å². The molecule has 1 aromatic carbocycles. The number of halogens is 12. The molecule has 0 radical (unpaired) electrons. The molecule has 0 spiro atoms. The molecule has 0 saturated carbocycles. The summed E-state index contributed by atoms with van der Waals surface area (Å²) in [4.78, 5) is -1.05. The van der Waals surface area contributed by atoms with Crippen molar-refractivity contribution in [1.29, 1.82) is 0 Å². The van der Waals surface area contributed by atoms with Gasteiger partial charge in [-0.2, -0.15) is 39.5 Å². The Kier molecular flexibility index (Phi) is 9.41. The fourth-order valence-corrected chi connectivity index (χ4v) is 3.08. The number of hydrogen-bond donors (Lipinski definition) is 0. The van der Waals surface area contributed by atoms with Crippen LogP contribution in [0.25, 0.3) is 0 Å². The Bertz CT molecular complexity index is 788. The molecule has 0 amide bonds. The van der Waals surface area contributed by atoms with Gasteiger partial charge in [0.1, 0.15) is 5.56 Å². The average Bonchev–Trinajstić information content (AvgIpc) is 2.68. The highest BCUT2D eigenvalue weighted by Crippen LogP contribution is 2.51. The molecule has 0 unspecified atom stereocenters. The SMILES string of the molecule is CCCCCCC(F)(F)C(F)(F)C(F)(F)N(CCCC)c1cc(F)c(F)c(C(F)(F)F)c1F. The van der Waals surface area contributed by atoms with E-state index >= 15 is 0 Å². The van der Waals surface area contributed by atoms with Gasteiger partial charge in [0.2, 0.25) is 0 Å². The maximum Gasteiger partial charge on any atom is 0.422 e. The molecule has 0 saturated heterocycles. The summed E-state index contributed by atoms with van der Waals surface area (Å²) in [6, 6.07) is -6.44. The Balaban J connectivity index is 3.61. The van der Waals surface area contributed by atoms with E-state index in [0.717, 1.165) is 0 Å². The molecule has 1 aromatic rings. The number of benzene rings is 1. The maximum absolute atomic E-state index is 14.8. The van der Waals surface area contributed by atoms with Crippen LogP contribution in [0, 0.1) is 17.5 Å². The van der Waals surface area contributed by atoms with Gasteiger partial charge in [0.05, 0.1) is 5.69 Å². The third-order valence-corrected chi connectivity index (χ3v) is 4.97. The van der Waals surface area contributed by atoms with Gasteiger partial charge in [-0.3, -0.25) is 0 Å². The highest BCUT2D eigenvalue weighted by Gasteiger charge is 2.73. The summed E-state index contributed by atoms with van der Waals surface area (Å²) in [5.74, 6) is -19.6. The zero-order chi connectivity index (χ0) is 25.8. The van der Waals surface area contributed by atoms with Crippen LogP contribution < -0.4 is 4.90 Å². The van der Waals surface area contributed by atoms with Crippen molar-refractivity contribution in [3.63, 3.8) is 0 Å². The molecule has 1 nitrogen and oxygen atoms in total. The molecule has 0 aliphatic carbocycles. The lowest BCUT2D eigenvalue weighted by molar-refractivity contribution is -0.310. The minimum Gasteiger partial charge on any atom is -0.305 e. The Hall–Kier alpha value is -1.82. The predicted octanol–water partition coefficient (Wildman–Crippen LogP) is 8.56. The number of anilines is 1. The van der Waals surface area contributed by atoms with Crippen LogP contribution in [-0.4, -0.2) is 24.4 Å². The van der Waals surface area contributed by atoms with Gasteiger partial charge in [-0.05, 0) is 12.8 Å². The second-order valence-electron chi connectivity index (χ2n) is 7.51. The predicted molar refractivity (Wildman–Crippen MR) is 97.2 cm³/mol. The van der Waals surface area contributed by atoms with Gasteiger partial charge in [0.25, 0.3) is 0 Å². The zero-order valence-electron chi connectivity index (χ0n) is 17.7. The topological polar surface area (TPSA) is 3.24 Å². The van der Waals surface area contributed by atoms with Crippen LogP contribution >= 0.6 is 0 Å². The van der Waals surface area contributed by atoms with Gasteiger partial charge < -0.3 is 4.90 Å². The number of hydrogen-bond acceptors (Lipinski definition) is 1. The molecule has 1 rings (SSSR count). The van der Waals surface area contributed by atoms with Crippen molar-refractivity contribution in [3.05, 3.63) is 29.1 Å². The summed E-state index contributed by atoms with van der Waals surface area (Å²) in [6.45, 7) is 1.67. The van der Waals surface area contributed by atoms with Crippen molar-refractivity contribution in [1.82, 2.24) is 0 Å². The quantitative estimate of drug-likeness (QED) is 0.119. The number of rotatable bonds is 12. The molecule has 0 bridgehead atoms. The molecule has 0 aliphatic rings. The third kappa shape index (κ3) is 6.00. The molecule has 0 aliphatic heterocycles. The number of alkyl halides is 9. The van der Waals surface area contributed by atoms with Crippen molar-refractivity contribution in [3.8, 4) is 0 Å². The van der Waals surface area contributed by atoms with E-state index in [2.05, 4.69) is 0 Å². The summed E-state index contributed by atoms with van der Waals surface area (Å²) in [7, 11) is 0. The van der Waals surface area contributed by atoms with E-state index in [9.17, 15) is 52.7 Å². The van der Waals surface area contributed by atoms with Gasteiger partial charge >= 0.3 is 24.1 Å². The molecule has 0 fully saturated rings. The molecular weight excluding hydrogens is 482 g/mol. The summed E-state index contributed by atoms with van der Waals surface area (Å²) in [5, 5.41) is 0. The van der Waals surface area contributed by atoms with Gasteiger partial charge in [-0.15, -0.1) is 0 Å². The summed E-state index contributed by atoms with van der Waals surface area (Å²) in [5.41, 5.74) is -5.05. The number of unbranched alkanes of at least 4 members (excludes halogenated alkanes) is 4. The van der Waals surface area contributed by atoms with Crippen LogP contribution in [0.3, 0.4) is 0 Å². The normalized spacial score (nSPS) is 13.5. The Labute approximate surface area is 182 Å². The Morgan fingerprint density at radius 2 is 1.27 bits per heavy atom. The zero-order valence-corrected chi connectivity index (χ0v) is 17.7. The number of nitrogens with zero attached hydrogens (tertiary/aromatic N) is 1. The van der Waals surface area contributed by atoms with E-state index in [-0.39, 0.29) is 12.8 Å². The monoisotopic (exact) mass is 505 g/mol. The molecule has 33 heavy (non-hydrogen) atoms. The molecule has 0 aromatic heterocycles. The van der Waals surface area contributed by atoms with E-state index in [1.807, 2.05) is 0 Å². The highest BCUT2D eigenvalue weighted by molar-refractivity contribution is 5.54. The summed E-state index contributed by atoms with van der Waals surface area (Å²) >= 11 is 0. The lowest BCUT2D eigenvalue weighted by Gasteiger charge is -2.40. The van der Waals surface area contributed by atoms with E-state index in [0.29, 0.717) is 12.8 Å². The lowest BCUT2D eigenvalue weighted by Crippen LogP contribution is -2.63. The van der Waals surface area contributed by atoms with Crippen LogP contribution in [0.2, 0.25) is 0 Å². The summed E-state index contributed by atoms with van der Waals surface area (Å²) < 4.78 is 168. The van der Waals surface area contributed by atoms with Crippen LogP contribution in [0.1, 0.15) is 64.4 Å². The lowest BCUT2D eigenvalue weighted by atomic mass is 10.00. The smallest absolute Gasteiger partial charge is 0.305 e. The first-order valence-corrected chi connectivity index (χ1v) is 10.1. The second kappa shape index (κ2) is 10.6. The van der Waals surface area contributed by atoms with Crippen molar-refractivity contribution in [2.45, 2.75) is 82.9 Å². The van der Waals surface area contributed by atoms with Crippen LogP contribution in [0.4, 0.5) is 58.4 Å². The van der Waals surface area contributed by atoms with Crippen LogP contribution in [0.15, 0.2) is 6.07 Å². The summed E-state index contributed by atoms with van der Waals surface area (Å²) in [6.07, 6.45) is -7.79. The second-order valence-corrected chi connectivity index (χ2v) is 7.51. The van der Waals surface area contributed by atoms with E-state index in [4.69, 9.17) is 0 Å². The van der Waals surface area contributed by atoms with E-state index < -0.39 is 89.5 Å². The van der Waals surface area contributed by atoms with Gasteiger partial charge in [0, 0.05) is 19.0 Å². The molecule has 0 N–H and O–H groups in total. The first-order valence-electron chi connectivity index (χ1n) is 10.1. The molecular formula is C20H23F12N. The van der Waals surface area contributed by atoms with Crippen molar-refractivity contribution < 1.29 is 52.7 Å². The Morgan fingerprint density at radius 3 is 1.76 bits per heavy atom. The van der Waals surface area contributed by atoms with Crippen molar-refractivity contribution >= 4 is 5.69 Å². The van der Waals surface area contributed by atoms with Crippen LogP contribution in [-0.2, 0) is 6.18 Å². The Morgan fingerprint density at radius 1 is 0.727 bits per heavy atom. The minimum absolute atomic E-state index is 0.0278. The van der Waals surface area contributed by atoms with E-state index in [1.165, 1.54) is 6.92 Å². The first kappa shape index (κ1) is 29.2. The first-order chi connectivity index (χ1) is 15.0. The molecule has 192 valence electrons. The molecule has 13 heteroatoms. The standard InChI is InChI=1S/C20H23F12N/c1-3-5-7-8-9-17(24,25)19(29,30)20(31,32)33(10-6-4-2)13-11-12(21)15(22)14(16(13)23)18(26,27)28/h11H,3-10H2,1-2H3. The minimum atomic E-state index is -6.18. The highest BCUT2D eigenvalue weighted by atomic mass is 19.4. The van der Waals surface area contributed by atoms with Gasteiger partial charge in [-0.1, -0.05) is 39.5 Å². The van der Waals surface area contributed by atoms with Gasteiger partial charge in [0.15, 0.2) is 17.5 Å². The fourth-order valence-electron chi connectivity index (χ4n) is 3.08. The third-order valence-electron chi connectivity index (χ3n) is 4.97. The fraction of sp³-hybridized carbons (Fsp3) is 0.700. The van der Waals surface area contributed by atoms with E-state index in [1.54, 1.807) is 6.92 Å². The maximum atomic E-state index is 14.8. The average molecular weight is 505 g/mol. The molecule has 0 heterocycles. The largest absolute Gasteiger partial charge is 0.422 e. The van der Waals surface area contributed by atoms with Gasteiger partial charge in [-0.25, -0.2) is 13.2 Å². The molecule has 0 atom stereocenters. The van der Waals surface area contributed by atoms with Crippen LogP contribution in [0.5, 0.6) is 0 Å². The van der Waals surface area contributed by atoms with Crippen molar-refractivity contribution in [2.24, 2.45) is 0 Å².